The molecule has 5 aliphatic rings. The maximum Gasteiger partial charge on any atom is 0.255 e. The van der Waals surface area contributed by atoms with Gasteiger partial charge in [-0.2, -0.15) is 0 Å². The first-order valence-electron chi connectivity index (χ1n) is 22.1. The van der Waals surface area contributed by atoms with E-state index in [1.165, 1.54) is 11.3 Å². The second-order valence-electron chi connectivity index (χ2n) is 17.8. The molecule has 9 rings (SSSR count). The highest BCUT2D eigenvalue weighted by molar-refractivity contribution is 7.99. The second-order valence-corrected chi connectivity index (χ2v) is 19.0. The Morgan fingerprint density at radius 1 is 0.968 bits per heavy atom. The molecule has 13 nitrogen and oxygen atoms in total. The van der Waals surface area contributed by atoms with Crippen LogP contribution < -0.4 is 15.5 Å². The third-order valence-electron chi connectivity index (χ3n) is 13.8. The number of ketones is 1. The topological polar surface area (TPSA) is 143 Å². The Bertz CT molecular complexity index is 2530. The lowest BCUT2D eigenvalue weighted by molar-refractivity contribution is -0.137. The highest BCUT2D eigenvalue weighted by atomic mass is 32.2. The van der Waals surface area contributed by atoms with E-state index in [0.29, 0.717) is 43.3 Å². The van der Waals surface area contributed by atoms with Crippen LogP contribution in [0.4, 0.5) is 11.4 Å². The van der Waals surface area contributed by atoms with Crippen molar-refractivity contribution in [2.24, 2.45) is 0 Å². The van der Waals surface area contributed by atoms with Gasteiger partial charge >= 0.3 is 0 Å². The minimum Gasteiger partial charge on any atom is -0.371 e. The molecule has 0 saturated carbocycles. The average Bonchev–Trinajstić information content (AvgIpc) is 3.84. The summed E-state index contributed by atoms with van der Waals surface area (Å²) in [7, 11) is 0. The molecule has 14 heteroatoms. The Morgan fingerprint density at radius 2 is 1.76 bits per heavy atom. The third-order valence-corrected chi connectivity index (χ3v) is 15.0. The number of H-pyrrole nitrogens is 1. The van der Waals surface area contributed by atoms with Crippen molar-refractivity contribution in [3.05, 3.63) is 99.0 Å². The minimum atomic E-state index is -0.632. The standard InChI is InChI=1S/C48H54N8O5S/c1-5-29-24-34-36(48(2,3)45-43(44(34)59)33-11-10-30(49-4)25-37(33)51-45)26-39(29)55-17-14-31(15-18-55)54-21-19-53(20-22-54)28-42(58)50-16-7-23-62-40-9-6-8-32-35(40)27-56(47(32)61)38-12-13-41(57)52-46(38)60/h6,8-11,24-26,31,38,51H,5,7,12-23,27-28H2,1-3H3,(H,50,58)(H,52,57,60). The number of piperidine rings is 2. The first-order chi connectivity index (χ1) is 29.9. The highest BCUT2D eigenvalue weighted by Gasteiger charge is 2.42. The molecule has 1 unspecified atom stereocenters. The van der Waals surface area contributed by atoms with Crippen LogP contribution in [0.2, 0.25) is 0 Å². The lowest BCUT2D eigenvalue weighted by atomic mass is 9.70. The minimum absolute atomic E-state index is 0.0412. The number of aryl methyl sites for hydroxylation is 1. The van der Waals surface area contributed by atoms with E-state index in [-0.39, 0.29) is 29.9 Å². The van der Waals surface area contributed by atoms with E-state index in [2.05, 4.69) is 68.1 Å². The number of aromatic nitrogens is 1. The van der Waals surface area contributed by atoms with Crippen LogP contribution in [-0.4, -0.2) is 119 Å². The molecule has 0 radical (unpaired) electrons. The Morgan fingerprint density at radius 3 is 2.50 bits per heavy atom. The molecule has 3 fully saturated rings. The summed E-state index contributed by atoms with van der Waals surface area (Å²) in [5.74, 6) is 0.00213. The van der Waals surface area contributed by atoms with Crippen molar-refractivity contribution in [2.75, 3.05) is 63.0 Å². The number of nitrogens with one attached hydrogen (secondary N) is 3. The number of imide groups is 1. The number of nitrogens with zero attached hydrogens (tertiary/aromatic N) is 5. The predicted octanol–water partition coefficient (Wildman–Crippen LogP) is 5.80. The Kier molecular flexibility index (Phi) is 11.5. The number of benzene rings is 3. The van der Waals surface area contributed by atoms with Crippen LogP contribution in [0.15, 0.2) is 53.4 Å². The molecule has 3 aromatic carbocycles. The molecule has 4 aliphatic heterocycles. The van der Waals surface area contributed by atoms with E-state index in [4.69, 9.17) is 6.57 Å². The van der Waals surface area contributed by atoms with Gasteiger partial charge in [-0.3, -0.25) is 39.1 Å². The van der Waals surface area contributed by atoms with Gasteiger partial charge in [-0.25, -0.2) is 4.85 Å². The number of hydrogen-bond acceptors (Lipinski definition) is 9. The quantitative estimate of drug-likeness (QED) is 0.0740. The van der Waals surface area contributed by atoms with Gasteiger partial charge in [0, 0.05) is 109 Å². The molecule has 1 atom stereocenters. The zero-order chi connectivity index (χ0) is 43.3. The zero-order valence-corrected chi connectivity index (χ0v) is 36.6. The summed E-state index contributed by atoms with van der Waals surface area (Å²) < 4.78 is 0. The van der Waals surface area contributed by atoms with Gasteiger partial charge in [0.15, 0.2) is 11.5 Å². The Labute approximate surface area is 366 Å². The molecule has 1 aromatic heterocycles. The molecule has 62 heavy (non-hydrogen) atoms. The van der Waals surface area contributed by atoms with Crippen molar-refractivity contribution in [3.63, 3.8) is 0 Å². The summed E-state index contributed by atoms with van der Waals surface area (Å²) in [6.45, 7) is 20.9. The van der Waals surface area contributed by atoms with Gasteiger partial charge in [-0.05, 0) is 84.9 Å². The van der Waals surface area contributed by atoms with Crippen LogP contribution in [0.5, 0.6) is 0 Å². The maximum atomic E-state index is 14.1. The molecular formula is C48H54N8O5S. The molecule has 4 aromatic rings. The summed E-state index contributed by atoms with van der Waals surface area (Å²) in [5, 5.41) is 6.34. The van der Waals surface area contributed by atoms with Gasteiger partial charge in [0.2, 0.25) is 17.7 Å². The number of thioether (sulfide) groups is 1. The van der Waals surface area contributed by atoms with Crippen molar-refractivity contribution in [2.45, 2.75) is 88.2 Å². The number of rotatable bonds is 11. The number of aromatic amines is 1. The molecule has 3 saturated heterocycles. The maximum absolute atomic E-state index is 14.1. The molecule has 0 spiro atoms. The van der Waals surface area contributed by atoms with Crippen molar-refractivity contribution in [3.8, 4) is 0 Å². The normalized spacial score (nSPS) is 20.5. The predicted molar refractivity (Wildman–Crippen MR) is 240 cm³/mol. The largest absolute Gasteiger partial charge is 0.371 e. The molecule has 3 N–H and O–H groups in total. The van der Waals surface area contributed by atoms with E-state index in [1.807, 2.05) is 24.3 Å². The van der Waals surface area contributed by atoms with Gasteiger partial charge in [0.05, 0.1) is 18.7 Å². The molecule has 1 aliphatic carbocycles. The summed E-state index contributed by atoms with van der Waals surface area (Å²) in [6, 6.07) is 15.5. The Balaban J connectivity index is 0.727. The summed E-state index contributed by atoms with van der Waals surface area (Å²) in [4.78, 5) is 81.5. The van der Waals surface area contributed by atoms with E-state index >= 15 is 0 Å². The first-order valence-corrected chi connectivity index (χ1v) is 23.1. The van der Waals surface area contributed by atoms with E-state index in [1.54, 1.807) is 28.8 Å². The van der Waals surface area contributed by atoms with Crippen molar-refractivity contribution in [1.29, 1.82) is 0 Å². The molecule has 322 valence electrons. The molecular weight excluding hydrogens is 801 g/mol. The lowest BCUT2D eigenvalue weighted by Crippen LogP contribution is -2.54. The van der Waals surface area contributed by atoms with Crippen LogP contribution in [0.3, 0.4) is 0 Å². The number of carbonyl (C=O) groups excluding carboxylic acids is 5. The van der Waals surface area contributed by atoms with Gasteiger partial charge < -0.3 is 20.1 Å². The smallest absolute Gasteiger partial charge is 0.255 e. The fourth-order valence-electron chi connectivity index (χ4n) is 10.3. The number of fused-ring (bicyclic) bond motifs is 5. The van der Waals surface area contributed by atoms with E-state index < -0.39 is 17.4 Å². The molecule has 4 amide bonds. The fourth-order valence-corrected chi connectivity index (χ4v) is 11.4. The van der Waals surface area contributed by atoms with Gasteiger partial charge in [-0.15, -0.1) is 11.8 Å². The SMILES string of the molecule is [C-]#[N+]c1ccc2c3c([nH]c2c1)C(C)(C)c1cc(N2CCC(N4CCN(CC(=O)NCCCSc5cccc6c5CN(C5CCC(=O)NC5=O)C6=O)CC4)CC2)c(CC)cc1C3=O. The van der Waals surface area contributed by atoms with Crippen molar-refractivity contribution in [1.82, 2.24) is 30.3 Å². The number of amides is 4. The Hall–Kier alpha value is -5.49. The summed E-state index contributed by atoms with van der Waals surface area (Å²) in [5.41, 5.74) is 8.43. The summed E-state index contributed by atoms with van der Waals surface area (Å²) in [6.07, 6.45) is 4.33. The fraction of sp³-hybridized carbons (Fsp3) is 0.458. The van der Waals surface area contributed by atoms with Crippen LogP contribution in [0.1, 0.15) is 102 Å². The van der Waals surface area contributed by atoms with Crippen molar-refractivity contribution < 1.29 is 24.0 Å². The van der Waals surface area contributed by atoms with Crippen LogP contribution in [0.25, 0.3) is 15.7 Å². The average molecular weight is 855 g/mol. The molecule has 5 heterocycles. The number of piperazine rings is 1. The number of anilines is 1. The van der Waals surface area contributed by atoms with Gasteiger partial charge in [0.25, 0.3) is 5.91 Å². The van der Waals surface area contributed by atoms with Crippen LogP contribution in [-0.2, 0) is 32.8 Å². The monoisotopic (exact) mass is 854 g/mol. The van der Waals surface area contributed by atoms with Crippen molar-refractivity contribution >= 4 is 63.5 Å². The van der Waals surface area contributed by atoms with Gasteiger partial charge in [-0.1, -0.05) is 39.0 Å². The summed E-state index contributed by atoms with van der Waals surface area (Å²) >= 11 is 1.66. The first kappa shape index (κ1) is 41.8. The van der Waals surface area contributed by atoms with Crippen LogP contribution in [0, 0.1) is 6.57 Å². The highest BCUT2D eigenvalue weighted by Crippen LogP contribution is 2.46. The zero-order valence-electron chi connectivity index (χ0n) is 35.8. The number of carbonyl (C=O) groups is 5. The second kappa shape index (κ2) is 17.0. The van der Waals surface area contributed by atoms with E-state index in [0.717, 1.165) is 114 Å². The van der Waals surface area contributed by atoms with Crippen LogP contribution >= 0.6 is 11.8 Å². The van der Waals surface area contributed by atoms with E-state index in [9.17, 15) is 24.0 Å². The third kappa shape index (κ3) is 7.69. The number of hydrogen-bond donors (Lipinski definition) is 3. The van der Waals surface area contributed by atoms with Gasteiger partial charge in [0.1, 0.15) is 6.04 Å². The lowest BCUT2D eigenvalue weighted by Gasteiger charge is -2.44. The molecule has 0 bridgehead atoms.